The van der Waals surface area contributed by atoms with Crippen molar-refractivity contribution in [2.24, 2.45) is 5.73 Å². The van der Waals surface area contributed by atoms with Gasteiger partial charge in [-0.05, 0) is 19.1 Å². The Bertz CT molecular complexity index is 437. The smallest absolute Gasteiger partial charge is 0.307 e. The molecule has 0 fully saturated rings. The molecule has 0 aliphatic carbocycles. The summed E-state index contributed by atoms with van der Waals surface area (Å²) in [7, 11) is 1.84. The van der Waals surface area contributed by atoms with Crippen LogP contribution in [-0.2, 0) is 9.53 Å². The number of rotatable bonds is 6. The first kappa shape index (κ1) is 14.4. The third-order valence-corrected chi connectivity index (χ3v) is 2.59. The lowest BCUT2D eigenvalue weighted by Gasteiger charge is -2.20. The third-order valence-electron chi connectivity index (χ3n) is 2.37. The Morgan fingerprint density at radius 3 is 2.94 bits per heavy atom. The van der Waals surface area contributed by atoms with E-state index in [9.17, 15) is 4.79 Å². The summed E-state index contributed by atoms with van der Waals surface area (Å²) in [5, 5.41) is 0. The van der Waals surface area contributed by atoms with Gasteiger partial charge in [-0.1, -0.05) is 12.2 Å². The quantitative estimate of drug-likeness (QED) is 0.615. The van der Waals surface area contributed by atoms with Gasteiger partial charge in [0.25, 0.3) is 0 Å². The van der Waals surface area contributed by atoms with Gasteiger partial charge in [0.2, 0.25) is 0 Å². The minimum Gasteiger partial charge on any atom is -0.466 e. The second-order valence-corrected chi connectivity index (χ2v) is 4.16. The Balaban J connectivity index is 2.69. The number of nitrogens with two attached hydrogens (primary N) is 1. The SMILES string of the molecule is CCOC(=O)CCN(C)c1ncccc1C(N)=S. The zero-order valence-corrected chi connectivity index (χ0v) is 11.4. The average Bonchev–Trinajstić information content (AvgIpc) is 2.36. The summed E-state index contributed by atoms with van der Waals surface area (Å²) in [6, 6.07) is 3.59. The van der Waals surface area contributed by atoms with Crippen LogP contribution in [0.3, 0.4) is 0 Å². The number of hydrogen-bond acceptors (Lipinski definition) is 5. The molecule has 5 nitrogen and oxygen atoms in total. The molecule has 0 aliphatic heterocycles. The van der Waals surface area contributed by atoms with Gasteiger partial charge in [0.15, 0.2) is 0 Å². The van der Waals surface area contributed by atoms with E-state index in [-0.39, 0.29) is 5.97 Å². The lowest BCUT2D eigenvalue weighted by molar-refractivity contribution is -0.142. The Morgan fingerprint density at radius 1 is 1.61 bits per heavy atom. The first-order valence-electron chi connectivity index (χ1n) is 5.67. The molecule has 1 heterocycles. The molecule has 2 N–H and O–H groups in total. The van der Waals surface area contributed by atoms with Gasteiger partial charge in [0.05, 0.1) is 18.6 Å². The third kappa shape index (κ3) is 3.96. The Kier molecular flexibility index (Phi) is 5.51. The predicted octanol–water partition coefficient (Wildman–Crippen LogP) is 1.11. The van der Waals surface area contributed by atoms with Gasteiger partial charge in [-0.15, -0.1) is 0 Å². The van der Waals surface area contributed by atoms with Crippen molar-refractivity contribution in [1.29, 1.82) is 0 Å². The summed E-state index contributed by atoms with van der Waals surface area (Å²) in [6.45, 7) is 2.68. The number of anilines is 1. The molecule has 6 heteroatoms. The van der Waals surface area contributed by atoms with E-state index in [0.717, 1.165) is 0 Å². The lowest BCUT2D eigenvalue weighted by atomic mass is 10.2. The van der Waals surface area contributed by atoms with Crippen LogP contribution >= 0.6 is 12.2 Å². The van der Waals surface area contributed by atoms with E-state index in [2.05, 4.69) is 4.98 Å². The van der Waals surface area contributed by atoms with E-state index >= 15 is 0 Å². The van der Waals surface area contributed by atoms with Crippen LogP contribution in [0.15, 0.2) is 18.3 Å². The number of esters is 1. The molecular weight excluding hydrogens is 250 g/mol. The van der Waals surface area contributed by atoms with Crippen molar-refractivity contribution in [3.05, 3.63) is 23.9 Å². The van der Waals surface area contributed by atoms with Gasteiger partial charge in [0, 0.05) is 19.8 Å². The normalized spacial score (nSPS) is 9.89. The summed E-state index contributed by atoms with van der Waals surface area (Å²) in [6.07, 6.45) is 1.97. The molecule has 1 rings (SSSR count). The Hall–Kier alpha value is -1.69. The summed E-state index contributed by atoms with van der Waals surface area (Å²) >= 11 is 4.97. The molecule has 18 heavy (non-hydrogen) atoms. The van der Waals surface area contributed by atoms with Gasteiger partial charge >= 0.3 is 5.97 Å². The number of thiocarbonyl (C=S) groups is 1. The maximum atomic E-state index is 11.3. The van der Waals surface area contributed by atoms with Crippen molar-refractivity contribution in [2.45, 2.75) is 13.3 Å². The van der Waals surface area contributed by atoms with Crippen molar-refractivity contribution < 1.29 is 9.53 Å². The number of pyridine rings is 1. The van der Waals surface area contributed by atoms with Crippen molar-refractivity contribution in [3.63, 3.8) is 0 Å². The van der Waals surface area contributed by atoms with E-state index < -0.39 is 0 Å². The van der Waals surface area contributed by atoms with Gasteiger partial charge < -0.3 is 15.4 Å². The van der Waals surface area contributed by atoms with Crippen LogP contribution in [0.5, 0.6) is 0 Å². The first-order valence-corrected chi connectivity index (χ1v) is 6.08. The molecule has 0 radical (unpaired) electrons. The van der Waals surface area contributed by atoms with E-state index in [4.69, 9.17) is 22.7 Å². The van der Waals surface area contributed by atoms with Crippen LogP contribution in [-0.4, -0.2) is 36.1 Å². The standard InChI is InChI=1S/C12H17N3O2S/c1-3-17-10(16)6-8-15(2)12-9(11(13)18)5-4-7-14-12/h4-5,7H,3,6,8H2,1-2H3,(H2,13,18). The first-order chi connectivity index (χ1) is 8.56. The summed E-state index contributed by atoms with van der Waals surface area (Å²) in [5.74, 6) is 0.450. The molecule has 0 saturated heterocycles. The molecule has 0 spiro atoms. The Morgan fingerprint density at radius 2 is 2.33 bits per heavy atom. The second kappa shape index (κ2) is 6.90. The summed E-state index contributed by atoms with van der Waals surface area (Å²) < 4.78 is 4.87. The van der Waals surface area contributed by atoms with Crippen molar-refractivity contribution in [3.8, 4) is 0 Å². The number of hydrogen-bond donors (Lipinski definition) is 1. The molecule has 0 aliphatic rings. The molecule has 1 aromatic heterocycles. The summed E-state index contributed by atoms with van der Waals surface area (Å²) in [4.78, 5) is 17.6. The van der Waals surface area contributed by atoms with Crippen LogP contribution in [0.4, 0.5) is 5.82 Å². The lowest BCUT2D eigenvalue weighted by Crippen LogP contribution is -2.26. The Labute approximate surface area is 112 Å². The second-order valence-electron chi connectivity index (χ2n) is 3.72. The number of ether oxygens (including phenoxy) is 1. The number of carbonyl (C=O) groups excluding carboxylic acids is 1. The predicted molar refractivity (Wildman–Crippen MR) is 74.6 cm³/mol. The largest absolute Gasteiger partial charge is 0.466 e. The summed E-state index contributed by atoms with van der Waals surface area (Å²) in [5.41, 5.74) is 6.34. The van der Waals surface area contributed by atoms with Crippen LogP contribution in [0.2, 0.25) is 0 Å². The van der Waals surface area contributed by atoms with Gasteiger partial charge in [-0.3, -0.25) is 4.79 Å². The maximum absolute atomic E-state index is 11.3. The van der Waals surface area contributed by atoms with Crippen molar-refractivity contribution >= 4 is 29.0 Å². The van der Waals surface area contributed by atoms with E-state index in [1.165, 1.54) is 0 Å². The minimum absolute atomic E-state index is 0.225. The molecule has 0 aromatic carbocycles. The number of aromatic nitrogens is 1. The molecule has 1 aromatic rings. The van der Waals surface area contributed by atoms with E-state index in [1.807, 2.05) is 18.0 Å². The van der Waals surface area contributed by atoms with Crippen LogP contribution < -0.4 is 10.6 Å². The highest BCUT2D eigenvalue weighted by Gasteiger charge is 2.12. The topological polar surface area (TPSA) is 68.5 Å². The maximum Gasteiger partial charge on any atom is 0.307 e. The molecule has 0 atom stereocenters. The fraction of sp³-hybridized carbons (Fsp3) is 0.417. The molecule has 0 amide bonds. The van der Waals surface area contributed by atoms with Crippen LogP contribution in [0.25, 0.3) is 0 Å². The van der Waals surface area contributed by atoms with Gasteiger partial charge in [0.1, 0.15) is 10.8 Å². The minimum atomic E-state index is -0.225. The highest BCUT2D eigenvalue weighted by atomic mass is 32.1. The van der Waals surface area contributed by atoms with Gasteiger partial charge in [-0.25, -0.2) is 4.98 Å². The van der Waals surface area contributed by atoms with Crippen LogP contribution in [0, 0.1) is 0 Å². The molecule has 0 saturated carbocycles. The zero-order valence-electron chi connectivity index (χ0n) is 10.5. The van der Waals surface area contributed by atoms with E-state index in [0.29, 0.717) is 35.9 Å². The van der Waals surface area contributed by atoms with Gasteiger partial charge in [-0.2, -0.15) is 0 Å². The number of nitrogens with zero attached hydrogens (tertiary/aromatic N) is 2. The molecule has 0 bridgehead atoms. The zero-order chi connectivity index (χ0) is 13.5. The van der Waals surface area contributed by atoms with Crippen molar-refractivity contribution in [1.82, 2.24) is 4.98 Å². The monoisotopic (exact) mass is 267 g/mol. The molecule has 0 unspecified atom stereocenters. The average molecular weight is 267 g/mol. The van der Waals surface area contributed by atoms with Crippen molar-refractivity contribution in [2.75, 3.05) is 25.1 Å². The highest BCUT2D eigenvalue weighted by Crippen LogP contribution is 2.15. The highest BCUT2D eigenvalue weighted by molar-refractivity contribution is 7.80. The fourth-order valence-electron chi connectivity index (χ4n) is 1.49. The molecular formula is C12H17N3O2S. The van der Waals surface area contributed by atoms with E-state index in [1.54, 1.807) is 19.2 Å². The molecule has 98 valence electrons. The van der Waals surface area contributed by atoms with Crippen LogP contribution in [0.1, 0.15) is 18.9 Å². The number of carbonyl (C=O) groups is 1. The fourth-order valence-corrected chi connectivity index (χ4v) is 1.65.